The van der Waals surface area contributed by atoms with Gasteiger partial charge in [-0.05, 0) is 13.3 Å². The van der Waals surface area contributed by atoms with Crippen LogP contribution in [0.5, 0.6) is 0 Å². The highest BCUT2D eigenvalue weighted by Crippen LogP contribution is 2.58. The summed E-state index contributed by atoms with van der Waals surface area (Å²) in [6, 6.07) is 0. The average molecular weight is 355 g/mol. The first kappa shape index (κ1) is 21.2. The molecule has 0 N–H and O–H groups in total. The maximum Gasteiger partial charge on any atom is 0.460 e. The highest BCUT2D eigenvalue weighted by atomic mass is 19.4. The first-order valence-corrected chi connectivity index (χ1v) is 5.53. The van der Waals surface area contributed by atoms with E-state index in [4.69, 9.17) is 0 Å². The number of rotatable bonds is 7. The van der Waals surface area contributed by atoms with E-state index < -0.39 is 36.0 Å². The Bertz CT molecular complexity index is 374. The molecular weight excluding hydrogens is 345 g/mol. The topological polar surface area (TPSA) is 9.23 Å². The molecule has 0 bridgehead atoms. The second-order valence-corrected chi connectivity index (χ2v) is 4.20. The zero-order valence-corrected chi connectivity index (χ0v) is 10.9. The Balaban J connectivity index is 5.78. The minimum absolute atomic E-state index is 0.127. The van der Waals surface area contributed by atoms with Crippen molar-refractivity contribution in [3.8, 4) is 0 Å². The summed E-state index contributed by atoms with van der Waals surface area (Å²) in [4.78, 5) is 0. The second kappa shape index (κ2) is 6.00. The molecule has 1 unspecified atom stereocenters. The molecule has 0 aromatic rings. The lowest BCUT2D eigenvalue weighted by Crippen LogP contribution is -2.68. The molecule has 133 valence electrons. The van der Waals surface area contributed by atoms with Crippen molar-refractivity contribution in [2.45, 2.75) is 56.2 Å². The van der Waals surface area contributed by atoms with Gasteiger partial charge in [0, 0.05) is 0 Å². The van der Waals surface area contributed by atoms with Crippen LogP contribution in [0, 0.1) is 6.61 Å². The average Bonchev–Trinajstić information content (AvgIpc) is 2.33. The van der Waals surface area contributed by atoms with Crippen molar-refractivity contribution in [2.24, 2.45) is 0 Å². The fraction of sp³-hybridized carbons (Fsp3) is 0.900. The van der Waals surface area contributed by atoms with Crippen molar-refractivity contribution in [2.75, 3.05) is 0 Å². The molecule has 0 saturated heterocycles. The van der Waals surface area contributed by atoms with E-state index in [-0.39, 0.29) is 13.3 Å². The molecule has 1 nitrogen and oxygen atoms in total. The first-order chi connectivity index (χ1) is 9.48. The number of ether oxygens (including phenoxy) is 1. The van der Waals surface area contributed by atoms with Crippen LogP contribution in [0.1, 0.15) is 20.3 Å². The molecule has 0 spiro atoms. The predicted octanol–water partition coefficient (Wildman–Crippen LogP) is 5.07. The van der Waals surface area contributed by atoms with Gasteiger partial charge in [-0.3, -0.25) is 0 Å². The quantitative estimate of drug-likeness (QED) is 0.580. The Labute approximate surface area is 117 Å². The summed E-state index contributed by atoms with van der Waals surface area (Å²) in [5, 5.41) is 0. The number of hydrogen-bond donors (Lipinski definition) is 0. The summed E-state index contributed by atoms with van der Waals surface area (Å²) < 4.78 is 143. The predicted molar refractivity (Wildman–Crippen MR) is 51.0 cm³/mol. The number of alkyl halides is 11. The summed E-state index contributed by atoms with van der Waals surface area (Å²) in [6.45, 7) is 1.88. The Morgan fingerprint density at radius 2 is 1.18 bits per heavy atom. The molecule has 0 aromatic heterocycles. The van der Waals surface area contributed by atoms with Gasteiger partial charge in [-0.25, -0.2) is 0 Å². The van der Waals surface area contributed by atoms with Crippen LogP contribution in [-0.2, 0) is 4.74 Å². The molecule has 0 heterocycles. The lowest BCUT2D eigenvalue weighted by atomic mass is 9.95. The maximum atomic E-state index is 13.3. The molecule has 0 aliphatic heterocycles. The molecule has 22 heavy (non-hydrogen) atoms. The van der Waals surface area contributed by atoms with E-state index in [1.165, 1.54) is 6.92 Å². The number of hydrogen-bond acceptors (Lipinski definition) is 1. The van der Waals surface area contributed by atoms with Crippen molar-refractivity contribution in [1.82, 2.24) is 0 Å². The van der Waals surface area contributed by atoms with Crippen LogP contribution < -0.4 is 0 Å². The molecule has 1 radical (unpaired) electrons. The standard InChI is InChI=1S/C10H10F11O/c1-3-4-22-5(2)6(11,12)7(13,14)8(15,16)9(17,18)10(19,20)21/h4-5H,3H2,1-2H3. The van der Waals surface area contributed by atoms with E-state index in [1.807, 2.05) is 0 Å². The van der Waals surface area contributed by atoms with Gasteiger partial charge in [-0.2, -0.15) is 48.3 Å². The monoisotopic (exact) mass is 355 g/mol. The van der Waals surface area contributed by atoms with Gasteiger partial charge >= 0.3 is 29.9 Å². The second-order valence-electron chi connectivity index (χ2n) is 4.20. The summed E-state index contributed by atoms with van der Waals surface area (Å²) in [5.41, 5.74) is 0. The highest BCUT2D eigenvalue weighted by Gasteiger charge is 2.87. The van der Waals surface area contributed by atoms with Crippen LogP contribution >= 0.6 is 0 Å². The molecule has 0 saturated carbocycles. The first-order valence-electron chi connectivity index (χ1n) is 5.53. The van der Waals surface area contributed by atoms with Crippen LogP contribution in [0.4, 0.5) is 48.3 Å². The molecule has 12 heteroatoms. The van der Waals surface area contributed by atoms with E-state index in [2.05, 4.69) is 4.74 Å². The van der Waals surface area contributed by atoms with Crippen LogP contribution in [0.3, 0.4) is 0 Å². The molecule has 0 aliphatic carbocycles. The van der Waals surface area contributed by atoms with Gasteiger partial charge in [0.05, 0.1) is 6.61 Å². The summed E-state index contributed by atoms with van der Waals surface area (Å²) in [7, 11) is 0. The Kier molecular flexibility index (Phi) is 5.78. The van der Waals surface area contributed by atoms with E-state index in [1.54, 1.807) is 0 Å². The molecule has 0 aromatic carbocycles. The Hall–Kier alpha value is -0.810. The van der Waals surface area contributed by atoms with Gasteiger partial charge in [0.2, 0.25) is 0 Å². The third kappa shape index (κ3) is 3.11. The van der Waals surface area contributed by atoms with Gasteiger partial charge in [-0.15, -0.1) is 0 Å². The van der Waals surface area contributed by atoms with Crippen LogP contribution in [0.15, 0.2) is 0 Å². The van der Waals surface area contributed by atoms with Gasteiger partial charge in [0.25, 0.3) is 0 Å². The van der Waals surface area contributed by atoms with E-state index in [0.717, 1.165) is 0 Å². The third-order valence-electron chi connectivity index (χ3n) is 2.54. The summed E-state index contributed by atoms with van der Waals surface area (Å²) >= 11 is 0. The fourth-order valence-electron chi connectivity index (χ4n) is 1.17. The van der Waals surface area contributed by atoms with Gasteiger partial charge in [0.15, 0.2) is 0 Å². The minimum Gasteiger partial charge on any atom is -0.366 e. The van der Waals surface area contributed by atoms with E-state index >= 15 is 0 Å². The smallest absolute Gasteiger partial charge is 0.366 e. The molecule has 0 rings (SSSR count). The zero-order valence-electron chi connectivity index (χ0n) is 10.9. The lowest BCUT2D eigenvalue weighted by molar-refractivity contribution is -0.428. The fourth-order valence-corrected chi connectivity index (χ4v) is 1.17. The van der Waals surface area contributed by atoms with Crippen molar-refractivity contribution in [1.29, 1.82) is 0 Å². The van der Waals surface area contributed by atoms with Gasteiger partial charge in [0.1, 0.15) is 6.10 Å². The van der Waals surface area contributed by atoms with Gasteiger partial charge in [-0.1, -0.05) is 6.92 Å². The SMILES string of the molecule is CC[CH]OC(C)C(F)(F)C(F)(F)C(F)(F)C(F)(F)C(F)(F)F. The van der Waals surface area contributed by atoms with Gasteiger partial charge < -0.3 is 4.74 Å². The maximum absolute atomic E-state index is 13.3. The van der Waals surface area contributed by atoms with E-state index in [9.17, 15) is 48.3 Å². The molecule has 0 amide bonds. The normalized spacial score (nSPS) is 16.8. The minimum atomic E-state index is -7.40. The van der Waals surface area contributed by atoms with Crippen molar-refractivity contribution in [3.63, 3.8) is 0 Å². The molecule has 0 fully saturated rings. The van der Waals surface area contributed by atoms with Crippen LogP contribution in [0.2, 0.25) is 0 Å². The van der Waals surface area contributed by atoms with Crippen molar-refractivity contribution in [3.05, 3.63) is 6.61 Å². The molecule has 1 atom stereocenters. The number of halogens is 11. The van der Waals surface area contributed by atoms with Crippen LogP contribution in [0.25, 0.3) is 0 Å². The van der Waals surface area contributed by atoms with E-state index in [0.29, 0.717) is 6.61 Å². The van der Waals surface area contributed by atoms with Crippen molar-refractivity contribution >= 4 is 0 Å². The zero-order chi connectivity index (χ0) is 18.2. The highest BCUT2D eigenvalue weighted by molar-refractivity contribution is 5.07. The summed E-state index contributed by atoms with van der Waals surface area (Å²) in [5.74, 6) is -27.8. The third-order valence-corrected chi connectivity index (χ3v) is 2.54. The molecular formula is C10H10F11O. The Morgan fingerprint density at radius 3 is 1.50 bits per heavy atom. The molecule has 0 aliphatic rings. The summed E-state index contributed by atoms with van der Waals surface area (Å²) in [6.07, 6.45) is -10.4. The van der Waals surface area contributed by atoms with Crippen LogP contribution in [-0.4, -0.2) is 36.0 Å². The largest absolute Gasteiger partial charge is 0.460 e. The Morgan fingerprint density at radius 1 is 0.773 bits per heavy atom. The lowest BCUT2D eigenvalue weighted by Gasteiger charge is -2.39. The van der Waals surface area contributed by atoms with Crippen molar-refractivity contribution < 1.29 is 53.0 Å².